The smallest absolute Gasteiger partial charge is 0.232 e. The highest BCUT2D eigenvalue weighted by atomic mass is 31.2. The Morgan fingerprint density at radius 3 is 2.40 bits per heavy atom. The van der Waals surface area contributed by atoms with Gasteiger partial charge in [0.15, 0.2) is 5.75 Å². The molecular weight excluding hydrogens is 269 g/mol. The number of benzene rings is 2. The summed E-state index contributed by atoms with van der Waals surface area (Å²) in [5, 5.41) is 1.05. The van der Waals surface area contributed by atoms with E-state index in [9.17, 15) is 4.79 Å². The van der Waals surface area contributed by atoms with Gasteiger partial charge in [-0.05, 0) is 49.2 Å². The normalized spacial score (nSPS) is 16.8. The van der Waals surface area contributed by atoms with Gasteiger partial charge in [0.2, 0.25) is 14.2 Å². The predicted octanol–water partition coefficient (Wildman–Crippen LogP) is 3.69. The summed E-state index contributed by atoms with van der Waals surface area (Å²) in [5.74, 6) is 0.820. The molecule has 1 heterocycles. The second-order valence-corrected chi connectivity index (χ2v) is 6.58. The summed E-state index contributed by atoms with van der Waals surface area (Å²) in [6, 6.07) is 14.0. The van der Waals surface area contributed by atoms with Crippen LogP contribution >= 0.6 is 8.30 Å². The Labute approximate surface area is 120 Å². The van der Waals surface area contributed by atoms with Crippen molar-refractivity contribution in [3.63, 3.8) is 0 Å². The van der Waals surface area contributed by atoms with Gasteiger partial charge in [0.1, 0.15) is 0 Å². The van der Waals surface area contributed by atoms with Gasteiger partial charge in [-0.25, -0.2) is 0 Å². The lowest BCUT2D eigenvalue weighted by atomic mass is 10.1. The fraction of sp³-hybridized carbons (Fsp3) is 0.188. The lowest BCUT2D eigenvalue weighted by Gasteiger charge is -2.20. The van der Waals surface area contributed by atoms with Crippen molar-refractivity contribution in [2.45, 2.75) is 20.8 Å². The zero-order valence-electron chi connectivity index (χ0n) is 11.8. The number of hydrogen-bond donors (Lipinski definition) is 0. The molecule has 0 radical (unpaired) electrons. The highest BCUT2D eigenvalue weighted by Crippen LogP contribution is 2.55. The van der Waals surface area contributed by atoms with Gasteiger partial charge >= 0.3 is 0 Å². The maximum Gasteiger partial charge on any atom is 0.232 e. The first-order valence-electron chi connectivity index (χ1n) is 6.53. The monoisotopic (exact) mass is 285 g/mol. The van der Waals surface area contributed by atoms with Gasteiger partial charge in [0, 0.05) is 12.2 Å². The molecule has 0 aliphatic carbocycles. The number of nitrogens with zero attached hydrogens (tertiary/aromatic N) is 1. The molecule has 0 spiro atoms. The zero-order chi connectivity index (χ0) is 14.3. The number of aryl methyl sites for hydroxylation is 2. The third kappa shape index (κ3) is 2.08. The van der Waals surface area contributed by atoms with Crippen LogP contribution in [0.2, 0.25) is 0 Å². The van der Waals surface area contributed by atoms with Crippen molar-refractivity contribution in [2.24, 2.45) is 0 Å². The van der Waals surface area contributed by atoms with Gasteiger partial charge in [-0.1, -0.05) is 18.2 Å². The summed E-state index contributed by atoms with van der Waals surface area (Å²) in [6.45, 7) is 5.70. The highest BCUT2D eigenvalue weighted by Gasteiger charge is 2.36. The minimum atomic E-state index is -1.11. The molecule has 0 fully saturated rings. The Kier molecular flexibility index (Phi) is 3.23. The standard InChI is InChI=1S/C16H16NO2P/c1-11-9-15-16(10-12(11)2)19-20(17(15)13(3)18)14-7-5-4-6-8-14/h4-10H,1-3H3. The maximum atomic E-state index is 12.1. The molecule has 2 aromatic rings. The zero-order valence-corrected chi connectivity index (χ0v) is 12.6. The van der Waals surface area contributed by atoms with Gasteiger partial charge in [0.05, 0.1) is 5.69 Å². The SMILES string of the molecule is CC(=O)N1c2cc(C)c(C)cc2OP1c1ccccc1. The largest absolute Gasteiger partial charge is 0.446 e. The molecular formula is C16H16NO2P. The third-order valence-corrected chi connectivity index (χ3v) is 5.42. The van der Waals surface area contributed by atoms with Crippen LogP contribution in [0.3, 0.4) is 0 Å². The van der Waals surface area contributed by atoms with E-state index in [1.807, 2.05) is 42.5 Å². The van der Waals surface area contributed by atoms with Gasteiger partial charge in [-0.15, -0.1) is 0 Å². The first-order chi connectivity index (χ1) is 9.58. The average Bonchev–Trinajstić information content (AvgIpc) is 2.79. The first kappa shape index (κ1) is 13.1. The molecule has 1 amide bonds. The fourth-order valence-electron chi connectivity index (χ4n) is 2.27. The Hall–Kier alpha value is -1.86. The Balaban J connectivity index is 2.10. The highest BCUT2D eigenvalue weighted by molar-refractivity contribution is 7.64. The maximum absolute atomic E-state index is 12.1. The van der Waals surface area contributed by atoms with Crippen molar-refractivity contribution >= 4 is 25.2 Å². The van der Waals surface area contributed by atoms with Gasteiger partial charge in [-0.3, -0.25) is 9.46 Å². The molecule has 1 unspecified atom stereocenters. The van der Waals surface area contributed by atoms with E-state index in [0.717, 1.165) is 16.7 Å². The van der Waals surface area contributed by atoms with E-state index in [1.54, 1.807) is 11.6 Å². The summed E-state index contributed by atoms with van der Waals surface area (Å²) in [7, 11) is -1.11. The van der Waals surface area contributed by atoms with E-state index < -0.39 is 8.30 Å². The topological polar surface area (TPSA) is 29.5 Å². The van der Waals surface area contributed by atoms with Gasteiger partial charge in [-0.2, -0.15) is 0 Å². The Bertz CT molecular complexity index is 670. The molecule has 4 heteroatoms. The Morgan fingerprint density at radius 2 is 1.75 bits per heavy atom. The molecule has 0 aromatic heterocycles. The minimum Gasteiger partial charge on any atom is -0.446 e. The van der Waals surface area contributed by atoms with Crippen molar-refractivity contribution < 1.29 is 9.32 Å². The van der Waals surface area contributed by atoms with Crippen LogP contribution in [0.25, 0.3) is 0 Å². The second-order valence-electron chi connectivity index (χ2n) is 4.93. The quantitative estimate of drug-likeness (QED) is 0.748. The molecule has 0 saturated carbocycles. The molecule has 102 valence electrons. The molecule has 3 nitrogen and oxygen atoms in total. The summed E-state index contributed by atoms with van der Waals surface area (Å²) in [6.07, 6.45) is 0. The van der Waals surface area contributed by atoms with Crippen LogP contribution in [0, 0.1) is 13.8 Å². The molecule has 0 N–H and O–H groups in total. The first-order valence-corrected chi connectivity index (χ1v) is 7.74. The molecule has 2 aromatic carbocycles. The molecule has 0 saturated heterocycles. The Morgan fingerprint density at radius 1 is 1.10 bits per heavy atom. The van der Waals surface area contributed by atoms with Gasteiger partial charge in [0.25, 0.3) is 0 Å². The summed E-state index contributed by atoms with van der Waals surface area (Å²) >= 11 is 0. The fourth-order valence-corrected chi connectivity index (χ4v) is 4.05. The van der Waals surface area contributed by atoms with Crippen LogP contribution in [0.15, 0.2) is 42.5 Å². The minimum absolute atomic E-state index is 0.0157. The molecule has 20 heavy (non-hydrogen) atoms. The van der Waals surface area contributed by atoms with Crippen LogP contribution in [0.4, 0.5) is 5.69 Å². The molecule has 1 aliphatic rings. The predicted molar refractivity (Wildman–Crippen MR) is 82.7 cm³/mol. The number of rotatable bonds is 1. The van der Waals surface area contributed by atoms with E-state index in [-0.39, 0.29) is 5.91 Å². The number of fused-ring (bicyclic) bond motifs is 1. The van der Waals surface area contributed by atoms with Crippen LogP contribution in [0.5, 0.6) is 5.75 Å². The second kappa shape index (κ2) is 4.92. The lowest BCUT2D eigenvalue weighted by Crippen LogP contribution is -2.25. The lowest BCUT2D eigenvalue weighted by molar-refractivity contribution is -0.115. The molecule has 1 aliphatic heterocycles. The van der Waals surface area contributed by atoms with Crippen LogP contribution in [-0.2, 0) is 4.79 Å². The van der Waals surface area contributed by atoms with E-state index in [1.165, 1.54) is 11.1 Å². The van der Waals surface area contributed by atoms with Crippen molar-refractivity contribution in [1.29, 1.82) is 0 Å². The number of amides is 1. The van der Waals surface area contributed by atoms with Crippen LogP contribution in [-0.4, -0.2) is 5.91 Å². The summed E-state index contributed by atoms with van der Waals surface area (Å²) in [5.41, 5.74) is 3.23. The van der Waals surface area contributed by atoms with Gasteiger partial charge < -0.3 is 4.52 Å². The number of carbonyl (C=O) groups excluding carboxylic acids is 1. The molecule has 1 atom stereocenters. The van der Waals surface area contributed by atoms with Crippen LogP contribution in [0.1, 0.15) is 18.1 Å². The van der Waals surface area contributed by atoms with Crippen molar-refractivity contribution in [3.05, 3.63) is 53.6 Å². The average molecular weight is 285 g/mol. The van der Waals surface area contributed by atoms with E-state index in [4.69, 9.17) is 4.52 Å². The van der Waals surface area contributed by atoms with E-state index in [2.05, 4.69) is 13.8 Å². The summed E-state index contributed by atoms with van der Waals surface area (Å²) < 4.78 is 7.86. The third-order valence-electron chi connectivity index (χ3n) is 3.45. The molecule has 0 bridgehead atoms. The number of carbonyl (C=O) groups is 1. The van der Waals surface area contributed by atoms with E-state index >= 15 is 0 Å². The van der Waals surface area contributed by atoms with Crippen molar-refractivity contribution in [1.82, 2.24) is 0 Å². The summed E-state index contributed by atoms with van der Waals surface area (Å²) in [4.78, 5) is 12.1. The number of anilines is 1. The van der Waals surface area contributed by atoms with Crippen molar-refractivity contribution in [3.8, 4) is 5.75 Å². The number of hydrogen-bond acceptors (Lipinski definition) is 2. The van der Waals surface area contributed by atoms with Crippen LogP contribution < -0.4 is 14.5 Å². The molecule has 3 rings (SSSR count). The van der Waals surface area contributed by atoms with Crippen molar-refractivity contribution in [2.75, 3.05) is 4.67 Å². The van der Waals surface area contributed by atoms with E-state index in [0.29, 0.717) is 0 Å².